The van der Waals surface area contributed by atoms with Gasteiger partial charge in [0.2, 0.25) is 5.91 Å². The summed E-state index contributed by atoms with van der Waals surface area (Å²) in [7, 11) is 0. The number of piperazine rings is 1. The molecule has 1 aliphatic heterocycles. The normalized spacial score (nSPS) is 14.0. The number of carbonyl (C=O) groups is 1. The first-order valence-electron chi connectivity index (χ1n) is 10.8. The van der Waals surface area contributed by atoms with Crippen LogP contribution in [0.2, 0.25) is 5.02 Å². The molecule has 0 atom stereocenters. The molecular weight excluding hydrogens is 420 g/mol. The van der Waals surface area contributed by atoms with Gasteiger partial charge in [-0.1, -0.05) is 66.2 Å². The van der Waals surface area contributed by atoms with Gasteiger partial charge < -0.3 is 9.80 Å². The fourth-order valence-electron chi connectivity index (χ4n) is 4.17. The van der Waals surface area contributed by atoms with Crippen LogP contribution in [0.3, 0.4) is 0 Å². The van der Waals surface area contributed by atoms with Crippen molar-refractivity contribution in [3.63, 3.8) is 0 Å². The Kier molecular flexibility index (Phi) is 5.73. The third kappa shape index (κ3) is 4.30. The molecule has 1 amide bonds. The van der Waals surface area contributed by atoms with Gasteiger partial charge in [-0.25, -0.2) is 0 Å². The standard InChI is InChI=1S/C26H23ClN4O/c27-22-10-8-20(9-11-22)24-12-13-25(29-28-24)30-14-16-31(17-15-30)26(32)18-21-6-3-5-19-4-1-2-7-23(19)21/h1-13H,14-18H2. The van der Waals surface area contributed by atoms with Crippen molar-refractivity contribution in [2.45, 2.75) is 6.42 Å². The number of amides is 1. The molecule has 4 aromatic rings. The second kappa shape index (κ2) is 8.97. The van der Waals surface area contributed by atoms with Crippen LogP contribution in [0.15, 0.2) is 78.9 Å². The van der Waals surface area contributed by atoms with E-state index < -0.39 is 0 Å². The zero-order valence-corrected chi connectivity index (χ0v) is 18.4. The van der Waals surface area contributed by atoms with Crippen molar-refractivity contribution in [1.29, 1.82) is 0 Å². The van der Waals surface area contributed by atoms with Crippen LogP contribution in [0.1, 0.15) is 5.56 Å². The number of hydrogen-bond donors (Lipinski definition) is 0. The molecule has 6 heteroatoms. The number of carbonyl (C=O) groups excluding carboxylic acids is 1. The number of aromatic nitrogens is 2. The number of benzene rings is 3. The van der Waals surface area contributed by atoms with Crippen molar-refractivity contribution in [1.82, 2.24) is 15.1 Å². The molecule has 0 bridgehead atoms. The van der Waals surface area contributed by atoms with Gasteiger partial charge in [0.25, 0.3) is 0 Å². The van der Waals surface area contributed by atoms with Crippen LogP contribution in [0.4, 0.5) is 5.82 Å². The van der Waals surface area contributed by atoms with Crippen molar-refractivity contribution in [2.24, 2.45) is 0 Å². The topological polar surface area (TPSA) is 49.3 Å². The number of rotatable bonds is 4. The fraction of sp³-hybridized carbons (Fsp3) is 0.192. The van der Waals surface area contributed by atoms with Gasteiger partial charge in [0.05, 0.1) is 12.1 Å². The molecule has 3 aromatic carbocycles. The van der Waals surface area contributed by atoms with Gasteiger partial charge in [-0.2, -0.15) is 0 Å². The van der Waals surface area contributed by atoms with E-state index in [1.807, 2.05) is 65.6 Å². The zero-order chi connectivity index (χ0) is 21.9. The summed E-state index contributed by atoms with van der Waals surface area (Å²) in [6.07, 6.45) is 0.428. The highest BCUT2D eigenvalue weighted by Gasteiger charge is 2.22. The minimum absolute atomic E-state index is 0.171. The summed E-state index contributed by atoms with van der Waals surface area (Å²) in [6, 6.07) is 25.9. The molecule has 0 aliphatic carbocycles. The zero-order valence-electron chi connectivity index (χ0n) is 17.6. The van der Waals surface area contributed by atoms with E-state index in [1.165, 1.54) is 5.39 Å². The molecule has 1 aliphatic rings. The Balaban J connectivity index is 1.21. The van der Waals surface area contributed by atoms with Crippen LogP contribution in [0, 0.1) is 0 Å². The molecule has 160 valence electrons. The number of halogens is 1. The highest BCUT2D eigenvalue weighted by atomic mass is 35.5. The van der Waals surface area contributed by atoms with E-state index in [4.69, 9.17) is 11.6 Å². The van der Waals surface area contributed by atoms with E-state index in [1.54, 1.807) is 0 Å². The lowest BCUT2D eigenvalue weighted by Crippen LogP contribution is -2.49. The molecule has 32 heavy (non-hydrogen) atoms. The molecule has 5 nitrogen and oxygen atoms in total. The van der Waals surface area contributed by atoms with Gasteiger partial charge in [0.15, 0.2) is 5.82 Å². The quantitative estimate of drug-likeness (QED) is 0.453. The third-order valence-electron chi connectivity index (χ3n) is 5.97. The first-order valence-corrected chi connectivity index (χ1v) is 11.1. The molecule has 1 saturated heterocycles. The maximum Gasteiger partial charge on any atom is 0.227 e. The lowest BCUT2D eigenvalue weighted by molar-refractivity contribution is -0.130. The first kappa shape index (κ1) is 20.5. The monoisotopic (exact) mass is 442 g/mol. The van der Waals surface area contributed by atoms with E-state index in [-0.39, 0.29) is 5.91 Å². The van der Waals surface area contributed by atoms with Crippen molar-refractivity contribution >= 4 is 34.1 Å². The van der Waals surface area contributed by atoms with Gasteiger partial charge in [0, 0.05) is 36.8 Å². The molecular formula is C26H23ClN4O. The molecule has 5 rings (SSSR count). The summed E-state index contributed by atoms with van der Waals surface area (Å²) in [6.45, 7) is 2.86. The maximum absolute atomic E-state index is 12.9. The SMILES string of the molecule is O=C(Cc1cccc2ccccc12)N1CCN(c2ccc(-c3ccc(Cl)cc3)nn2)CC1. The van der Waals surface area contributed by atoms with Gasteiger partial charge in [-0.15, -0.1) is 10.2 Å². The lowest BCUT2D eigenvalue weighted by Gasteiger charge is -2.35. The Hall–Kier alpha value is -3.44. The molecule has 1 fully saturated rings. The van der Waals surface area contributed by atoms with E-state index in [2.05, 4.69) is 33.3 Å². The smallest absolute Gasteiger partial charge is 0.227 e. The summed E-state index contributed by atoms with van der Waals surface area (Å²) < 4.78 is 0. The number of anilines is 1. The molecule has 1 aromatic heterocycles. The highest BCUT2D eigenvalue weighted by Crippen LogP contribution is 2.22. The predicted molar refractivity (Wildman–Crippen MR) is 129 cm³/mol. The number of hydrogen-bond acceptors (Lipinski definition) is 4. The largest absolute Gasteiger partial charge is 0.352 e. The van der Waals surface area contributed by atoms with Crippen LogP contribution in [-0.2, 0) is 11.2 Å². The Labute approximate surface area is 192 Å². The summed E-state index contributed by atoms with van der Waals surface area (Å²) in [5, 5.41) is 11.8. The average molecular weight is 443 g/mol. The van der Waals surface area contributed by atoms with Crippen molar-refractivity contribution in [3.8, 4) is 11.3 Å². The number of nitrogens with zero attached hydrogens (tertiary/aromatic N) is 4. The summed E-state index contributed by atoms with van der Waals surface area (Å²) in [5.74, 6) is 1.01. The van der Waals surface area contributed by atoms with Crippen LogP contribution in [0.25, 0.3) is 22.0 Å². The van der Waals surface area contributed by atoms with Gasteiger partial charge >= 0.3 is 0 Å². The molecule has 0 spiro atoms. The van der Waals surface area contributed by atoms with Gasteiger partial charge in [-0.05, 0) is 40.6 Å². The van der Waals surface area contributed by atoms with E-state index in [9.17, 15) is 4.79 Å². The Morgan fingerprint density at radius 3 is 2.31 bits per heavy atom. The van der Waals surface area contributed by atoms with Crippen molar-refractivity contribution in [3.05, 3.63) is 89.4 Å². The Morgan fingerprint density at radius 2 is 1.56 bits per heavy atom. The minimum atomic E-state index is 0.171. The van der Waals surface area contributed by atoms with E-state index in [0.717, 1.165) is 41.1 Å². The molecule has 0 N–H and O–H groups in total. The summed E-state index contributed by atoms with van der Waals surface area (Å²) in [5.41, 5.74) is 2.88. The van der Waals surface area contributed by atoms with Gasteiger partial charge in [-0.3, -0.25) is 4.79 Å². The van der Waals surface area contributed by atoms with Crippen LogP contribution in [-0.4, -0.2) is 47.2 Å². The van der Waals surface area contributed by atoms with Crippen molar-refractivity contribution < 1.29 is 4.79 Å². The second-order valence-electron chi connectivity index (χ2n) is 7.97. The predicted octanol–water partition coefficient (Wildman–Crippen LogP) is 4.84. The molecule has 0 unspecified atom stereocenters. The second-order valence-corrected chi connectivity index (χ2v) is 8.40. The Bertz CT molecular complexity index is 1230. The van der Waals surface area contributed by atoms with E-state index in [0.29, 0.717) is 24.5 Å². The van der Waals surface area contributed by atoms with Crippen molar-refractivity contribution in [2.75, 3.05) is 31.1 Å². The molecule has 2 heterocycles. The van der Waals surface area contributed by atoms with Crippen LogP contribution >= 0.6 is 11.6 Å². The maximum atomic E-state index is 12.9. The Morgan fingerprint density at radius 1 is 0.812 bits per heavy atom. The third-order valence-corrected chi connectivity index (χ3v) is 6.22. The van der Waals surface area contributed by atoms with Crippen LogP contribution in [0.5, 0.6) is 0 Å². The summed E-state index contributed by atoms with van der Waals surface area (Å²) >= 11 is 5.96. The molecule has 0 radical (unpaired) electrons. The van der Waals surface area contributed by atoms with Crippen LogP contribution < -0.4 is 4.90 Å². The fourth-order valence-corrected chi connectivity index (χ4v) is 4.30. The first-order chi connectivity index (χ1) is 15.7. The van der Waals surface area contributed by atoms with Gasteiger partial charge in [0.1, 0.15) is 0 Å². The molecule has 0 saturated carbocycles. The average Bonchev–Trinajstić information content (AvgIpc) is 2.85. The summed E-state index contributed by atoms with van der Waals surface area (Å²) in [4.78, 5) is 17.1. The lowest BCUT2D eigenvalue weighted by atomic mass is 10.0. The minimum Gasteiger partial charge on any atom is -0.352 e. The highest BCUT2D eigenvalue weighted by molar-refractivity contribution is 6.30. The van der Waals surface area contributed by atoms with E-state index >= 15 is 0 Å². The number of fused-ring (bicyclic) bond motifs is 1.